The molecule has 1 aromatic heterocycles. The number of benzene rings is 1. The van der Waals surface area contributed by atoms with Gasteiger partial charge in [0.2, 0.25) is 0 Å². The molecule has 0 radical (unpaired) electrons. The van der Waals surface area contributed by atoms with Crippen molar-refractivity contribution < 1.29 is 0 Å². The Morgan fingerprint density at radius 3 is 2.47 bits per heavy atom. The van der Waals surface area contributed by atoms with Gasteiger partial charge < -0.3 is 5.32 Å². The molecule has 88 valence electrons. The average molecular weight is 292 g/mol. The molecule has 1 N–H and O–H groups in total. The first-order valence-corrected chi connectivity index (χ1v) is 6.19. The van der Waals surface area contributed by atoms with E-state index in [-0.39, 0.29) is 0 Å². The van der Waals surface area contributed by atoms with Crippen molar-refractivity contribution in [3.8, 4) is 11.3 Å². The van der Waals surface area contributed by atoms with E-state index in [1.165, 1.54) is 5.56 Å². The number of aryl methyl sites for hydroxylation is 2. The van der Waals surface area contributed by atoms with Crippen molar-refractivity contribution in [2.75, 3.05) is 12.4 Å². The molecule has 0 unspecified atom stereocenters. The lowest BCUT2D eigenvalue weighted by Crippen LogP contribution is -1.99. The number of aromatic nitrogens is 2. The second kappa shape index (κ2) is 4.84. The van der Waals surface area contributed by atoms with E-state index in [1.807, 2.05) is 26.1 Å². The molecule has 0 aliphatic heterocycles. The lowest BCUT2D eigenvalue weighted by Gasteiger charge is -2.08. The van der Waals surface area contributed by atoms with Crippen molar-refractivity contribution in [2.45, 2.75) is 13.8 Å². The second-order valence-corrected chi connectivity index (χ2v) is 4.89. The van der Waals surface area contributed by atoms with Crippen LogP contribution in [0.15, 0.2) is 28.7 Å². The summed E-state index contributed by atoms with van der Waals surface area (Å²) in [4.78, 5) is 0. The summed E-state index contributed by atoms with van der Waals surface area (Å²) in [6, 6.07) is 8.22. The maximum absolute atomic E-state index is 4.25. The van der Waals surface area contributed by atoms with Crippen LogP contribution in [0.5, 0.6) is 0 Å². The zero-order valence-corrected chi connectivity index (χ0v) is 11.7. The van der Waals surface area contributed by atoms with Gasteiger partial charge in [-0.1, -0.05) is 22.0 Å². The molecule has 0 fully saturated rings. The Hall–Kier alpha value is -1.42. The van der Waals surface area contributed by atoms with Gasteiger partial charge in [-0.15, -0.1) is 10.2 Å². The van der Waals surface area contributed by atoms with Crippen LogP contribution in [0, 0.1) is 13.8 Å². The molecule has 17 heavy (non-hydrogen) atoms. The van der Waals surface area contributed by atoms with Crippen LogP contribution in [0.2, 0.25) is 0 Å². The normalized spacial score (nSPS) is 10.4. The molecular weight excluding hydrogens is 278 g/mol. The van der Waals surface area contributed by atoms with E-state index in [0.29, 0.717) is 0 Å². The van der Waals surface area contributed by atoms with E-state index < -0.39 is 0 Å². The molecule has 0 saturated carbocycles. The molecule has 2 aromatic rings. The molecule has 0 saturated heterocycles. The van der Waals surface area contributed by atoms with Gasteiger partial charge in [0.15, 0.2) is 5.82 Å². The molecule has 1 aromatic carbocycles. The van der Waals surface area contributed by atoms with Crippen LogP contribution >= 0.6 is 15.9 Å². The highest BCUT2D eigenvalue weighted by molar-refractivity contribution is 9.10. The zero-order valence-electron chi connectivity index (χ0n) is 10.1. The number of nitrogens with zero attached hydrogens (tertiary/aromatic N) is 2. The monoisotopic (exact) mass is 291 g/mol. The lowest BCUT2D eigenvalue weighted by atomic mass is 10.0. The van der Waals surface area contributed by atoms with Gasteiger partial charge in [0.1, 0.15) is 0 Å². The molecule has 1 heterocycles. The number of anilines is 1. The van der Waals surface area contributed by atoms with Gasteiger partial charge in [0.05, 0.1) is 5.69 Å². The Morgan fingerprint density at radius 2 is 1.82 bits per heavy atom. The van der Waals surface area contributed by atoms with Gasteiger partial charge >= 0.3 is 0 Å². The molecule has 3 nitrogen and oxygen atoms in total. The number of nitrogens with one attached hydrogen (secondary N) is 1. The number of rotatable bonds is 2. The third kappa shape index (κ3) is 2.47. The summed E-state index contributed by atoms with van der Waals surface area (Å²) >= 11 is 3.48. The van der Waals surface area contributed by atoms with Gasteiger partial charge in [-0.25, -0.2) is 0 Å². The van der Waals surface area contributed by atoms with Crippen molar-refractivity contribution in [3.05, 3.63) is 39.9 Å². The summed E-state index contributed by atoms with van der Waals surface area (Å²) in [5.41, 5.74) is 4.30. The van der Waals surface area contributed by atoms with Crippen LogP contribution in [0.25, 0.3) is 11.3 Å². The fourth-order valence-corrected chi connectivity index (χ4v) is 2.10. The van der Waals surface area contributed by atoms with E-state index in [4.69, 9.17) is 0 Å². The largest absolute Gasteiger partial charge is 0.371 e. The Balaban J connectivity index is 2.53. The summed E-state index contributed by atoms with van der Waals surface area (Å²) < 4.78 is 1.05. The Labute approximate surface area is 109 Å². The third-order valence-corrected chi connectivity index (χ3v) is 3.19. The Morgan fingerprint density at radius 1 is 1.06 bits per heavy atom. The van der Waals surface area contributed by atoms with E-state index in [9.17, 15) is 0 Å². The highest BCUT2D eigenvalue weighted by Gasteiger charge is 2.07. The van der Waals surface area contributed by atoms with Crippen molar-refractivity contribution in [1.29, 1.82) is 0 Å². The van der Waals surface area contributed by atoms with Crippen LogP contribution in [0.1, 0.15) is 11.1 Å². The van der Waals surface area contributed by atoms with Crippen molar-refractivity contribution in [3.63, 3.8) is 0 Å². The van der Waals surface area contributed by atoms with Crippen LogP contribution in [-0.2, 0) is 0 Å². The van der Waals surface area contributed by atoms with E-state index in [1.54, 1.807) is 0 Å². The molecule has 0 aliphatic carbocycles. The van der Waals surface area contributed by atoms with Crippen molar-refractivity contribution >= 4 is 21.7 Å². The van der Waals surface area contributed by atoms with Gasteiger partial charge in [-0.3, -0.25) is 0 Å². The summed E-state index contributed by atoms with van der Waals surface area (Å²) in [6.45, 7) is 4.10. The van der Waals surface area contributed by atoms with Crippen LogP contribution < -0.4 is 5.32 Å². The fraction of sp³-hybridized carbons (Fsp3) is 0.231. The van der Waals surface area contributed by atoms with Gasteiger partial charge in [-0.05, 0) is 43.2 Å². The van der Waals surface area contributed by atoms with Crippen molar-refractivity contribution in [1.82, 2.24) is 10.2 Å². The summed E-state index contributed by atoms with van der Waals surface area (Å²) in [5, 5.41) is 11.4. The third-order valence-electron chi connectivity index (χ3n) is 2.70. The molecular formula is C13H14BrN3. The number of hydrogen-bond donors (Lipinski definition) is 1. The van der Waals surface area contributed by atoms with Crippen LogP contribution in [-0.4, -0.2) is 17.2 Å². The molecule has 0 amide bonds. The molecule has 0 atom stereocenters. The fourth-order valence-electron chi connectivity index (χ4n) is 1.73. The Kier molecular flexibility index (Phi) is 3.43. The van der Waals surface area contributed by atoms with Gasteiger partial charge in [0, 0.05) is 17.1 Å². The second-order valence-electron chi connectivity index (χ2n) is 3.97. The van der Waals surface area contributed by atoms with Gasteiger partial charge in [-0.2, -0.15) is 0 Å². The molecule has 0 bridgehead atoms. The standard InChI is InChI=1S/C13H14BrN3/c1-8-4-5-10(14)7-11(8)12-6-9(2)13(15-3)17-16-12/h4-7H,1-3H3,(H,15,17). The zero-order chi connectivity index (χ0) is 12.4. The smallest absolute Gasteiger partial charge is 0.151 e. The first-order valence-electron chi connectivity index (χ1n) is 5.40. The molecule has 0 spiro atoms. The summed E-state index contributed by atoms with van der Waals surface area (Å²) in [5.74, 6) is 0.821. The maximum Gasteiger partial charge on any atom is 0.151 e. The van der Waals surface area contributed by atoms with E-state index >= 15 is 0 Å². The van der Waals surface area contributed by atoms with E-state index in [0.717, 1.165) is 27.1 Å². The topological polar surface area (TPSA) is 37.8 Å². The lowest BCUT2D eigenvalue weighted by molar-refractivity contribution is 1.02. The number of hydrogen-bond acceptors (Lipinski definition) is 3. The first kappa shape index (κ1) is 12.0. The molecule has 0 aliphatic rings. The van der Waals surface area contributed by atoms with Crippen LogP contribution in [0.3, 0.4) is 0 Å². The molecule has 4 heteroatoms. The predicted octanol–water partition coefficient (Wildman–Crippen LogP) is 3.56. The summed E-state index contributed by atoms with van der Waals surface area (Å²) in [6.07, 6.45) is 0. The average Bonchev–Trinajstić information content (AvgIpc) is 2.32. The minimum Gasteiger partial charge on any atom is -0.371 e. The van der Waals surface area contributed by atoms with Crippen molar-refractivity contribution in [2.24, 2.45) is 0 Å². The highest BCUT2D eigenvalue weighted by Crippen LogP contribution is 2.26. The predicted molar refractivity (Wildman–Crippen MR) is 74.2 cm³/mol. The van der Waals surface area contributed by atoms with Gasteiger partial charge in [0.25, 0.3) is 0 Å². The quantitative estimate of drug-likeness (QED) is 0.919. The minimum atomic E-state index is 0.821. The minimum absolute atomic E-state index is 0.821. The first-order chi connectivity index (χ1) is 8.11. The molecule has 2 rings (SSSR count). The summed E-state index contributed by atoms with van der Waals surface area (Å²) in [7, 11) is 1.85. The maximum atomic E-state index is 4.25. The Bertz CT molecular complexity index is 552. The van der Waals surface area contributed by atoms with E-state index in [2.05, 4.69) is 50.5 Å². The highest BCUT2D eigenvalue weighted by atomic mass is 79.9. The SMILES string of the molecule is CNc1nnc(-c2cc(Br)ccc2C)cc1C. The number of halogens is 1. The van der Waals surface area contributed by atoms with Crippen LogP contribution in [0.4, 0.5) is 5.82 Å².